The normalized spacial score (nSPS) is 15.3. The molecule has 26 heavy (non-hydrogen) atoms. The second-order valence-corrected chi connectivity index (χ2v) is 7.77. The summed E-state index contributed by atoms with van der Waals surface area (Å²) in [5.74, 6) is -1.00. The minimum Gasteiger partial charge on any atom is -0.480 e. The Morgan fingerprint density at radius 3 is 1.85 bits per heavy atom. The number of amides is 1. The predicted molar refractivity (Wildman–Crippen MR) is 107 cm³/mol. The van der Waals surface area contributed by atoms with Gasteiger partial charge in [-0.25, -0.2) is 4.79 Å². The van der Waals surface area contributed by atoms with E-state index < -0.39 is 11.5 Å². The molecule has 0 bridgehead atoms. The molecule has 4 nitrogen and oxygen atoms in total. The monoisotopic (exact) mass is 365 g/mol. The van der Waals surface area contributed by atoms with Gasteiger partial charge in [-0.3, -0.25) is 4.79 Å². The zero-order valence-corrected chi connectivity index (χ0v) is 16.7. The van der Waals surface area contributed by atoms with Crippen molar-refractivity contribution in [3.63, 3.8) is 0 Å². The molecule has 0 unspecified atom stereocenters. The molecule has 1 rings (SSSR count). The summed E-state index contributed by atoms with van der Waals surface area (Å²) in [5, 5.41) is 11.7. The maximum absolute atomic E-state index is 11.8. The number of allylic oxidation sites excluding steroid dienone is 2. The lowest BCUT2D eigenvalue weighted by molar-refractivity contribution is -0.143. The Morgan fingerprint density at radius 2 is 1.35 bits per heavy atom. The Morgan fingerprint density at radius 1 is 0.846 bits per heavy atom. The lowest BCUT2D eigenvalue weighted by Crippen LogP contribution is -2.42. The third kappa shape index (κ3) is 10.6. The number of aliphatic carboxylic acids is 1. The summed E-state index contributed by atoms with van der Waals surface area (Å²) in [4.78, 5) is 22.8. The van der Waals surface area contributed by atoms with Gasteiger partial charge in [-0.15, -0.1) is 0 Å². The van der Waals surface area contributed by atoms with Crippen LogP contribution in [0, 0.1) is 0 Å². The van der Waals surface area contributed by atoms with Gasteiger partial charge in [0.15, 0.2) is 0 Å². The molecule has 0 heterocycles. The topological polar surface area (TPSA) is 66.4 Å². The van der Waals surface area contributed by atoms with E-state index in [-0.39, 0.29) is 5.91 Å². The van der Waals surface area contributed by atoms with Crippen molar-refractivity contribution in [3.05, 3.63) is 12.2 Å². The maximum Gasteiger partial charge on any atom is 0.329 e. The molecule has 1 saturated carbocycles. The minimum absolute atomic E-state index is 0.109. The number of carboxylic acids is 1. The fourth-order valence-corrected chi connectivity index (χ4v) is 3.20. The van der Waals surface area contributed by atoms with Crippen molar-refractivity contribution >= 4 is 11.9 Å². The molecule has 0 spiro atoms. The highest BCUT2D eigenvalue weighted by atomic mass is 16.4. The van der Waals surface area contributed by atoms with Crippen molar-refractivity contribution in [2.45, 2.75) is 115 Å². The average Bonchev–Trinajstić information content (AvgIpc) is 3.39. The van der Waals surface area contributed by atoms with Crippen molar-refractivity contribution in [1.82, 2.24) is 5.32 Å². The Kier molecular flexibility index (Phi) is 12.1. The lowest BCUT2D eigenvalue weighted by atomic mass is 10.1. The van der Waals surface area contributed by atoms with Crippen molar-refractivity contribution in [3.8, 4) is 0 Å². The summed E-state index contributed by atoms with van der Waals surface area (Å²) in [6, 6.07) is 0. The molecule has 0 aromatic heterocycles. The first-order chi connectivity index (χ1) is 12.6. The maximum atomic E-state index is 11.8. The van der Waals surface area contributed by atoms with Gasteiger partial charge in [0.2, 0.25) is 5.91 Å². The van der Waals surface area contributed by atoms with Gasteiger partial charge in [0, 0.05) is 6.42 Å². The zero-order valence-electron chi connectivity index (χ0n) is 16.7. The van der Waals surface area contributed by atoms with Gasteiger partial charge in [0.1, 0.15) is 5.54 Å². The second kappa shape index (κ2) is 13.8. The molecule has 0 radical (unpaired) electrons. The number of unbranched alkanes of at least 4 members (excludes halogenated alkanes) is 11. The summed E-state index contributed by atoms with van der Waals surface area (Å²) in [5.41, 5.74) is -0.932. The van der Waals surface area contributed by atoms with Crippen LogP contribution in [0.3, 0.4) is 0 Å². The third-order valence-electron chi connectivity index (χ3n) is 5.20. The molecule has 0 atom stereocenters. The first-order valence-corrected chi connectivity index (χ1v) is 10.8. The Bertz CT molecular complexity index is 427. The van der Waals surface area contributed by atoms with E-state index in [2.05, 4.69) is 24.4 Å². The molecule has 1 amide bonds. The zero-order chi connectivity index (χ0) is 19.1. The van der Waals surface area contributed by atoms with Gasteiger partial charge in [-0.05, 0) is 44.9 Å². The van der Waals surface area contributed by atoms with Gasteiger partial charge in [-0.2, -0.15) is 0 Å². The second-order valence-electron chi connectivity index (χ2n) is 7.77. The first kappa shape index (κ1) is 22.7. The highest BCUT2D eigenvalue weighted by molar-refractivity contribution is 5.89. The van der Waals surface area contributed by atoms with Crippen LogP contribution in [0.4, 0.5) is 0 Å². The standard InChI is InChI=1S/C22H39NO3/c1-2-3-4-5-6-7-8-9-10-11-12-13-14-15-16-17-20(24)23-22(18-19-22)21(25)26/h9-10H,2-8,11-19H2,1H3,(H,23,24)(H,25,26)/b10-9-. The highest BCUT2D eigenvalue weighted by Crippen LogP contribution is 2.35. The molecule has 150 valence electrons. The van der Waals surface area contributed by atoms with Crippen LogP contribution in [0.15, 0.2) is 12.2 Å². The molecule has 2 N–H and O–H groups in total. The molecule has 0 aromatic rings. The summed E-state index contributed by atoms with van der Waals surface area (Å²) in [7, 11) is 0. The molecule has 4 heteroatoms. The summed E-state index contributed by atoms with van der Waals surface area (Å²) >= 11 is 0. The molecule has 0 aliphatic heterocycles. The lowest BCUT2D eigenvalue weighted by Gasteiger charge is -2.12. The van der Waals surface area contributed by atoms with Gasteiger partial charge < -0.3 is 10.4 Å². The number of hydrogen-bond donors (Lipinski definition) is 2. The predicted octanol–water partition coefficient (Wildman–Crippen LogP) is 5.76. The Hall–Kier alpha value is -1.32. The van der Waals surface area contributed by atoms with Crippen molar-refractivity contribution in [2.24, 2.45) is 0 Å². The van der Waals surface area contributed by atoms with Crippen LogP contribution in [-0.4, -0.2) is 22.5 Å². The van der Waals surface area contributed by atoms with E-state index in [0.717, 1.165) is 25.7 Å². The van der Waals surface area contributed by atoms with Crippen LogP contribution in [0.1, 0.15) is 110 Å². The Balaban J connectivity index is 1.82. The summed E-state index contributed by atoms with van der Waals surface area (Å²) < 4.78 is 0. The smallest absolute Gasteiger partial charge is 0.329 e. The van der Waals surface area contributed by atoms with Gasteiger partial charge in [-0.1, -0.05) is 70.4 Å². The Labute approximate surface area is 159 Å². The van der Waals surface area contributed by atoms with Crippen molar-refractivity contribution < 1.29 is 14.7 Å². The fourth-order valence-electron chi connectivity index (χ4n) is 3.20. The number of carbonyl (C=O) groups is 2. The fraction of sp³-hybridized carbons (Fsp3) is 0.818. The van der Waals surface area contributed by atoms with Gasteiger partial charge in [0.25, 0.3) is 0 Å². The molecular weight excluding hydrogens is 326 g/mol. The highest BCUT2D eigenvalue weighted by Gasteiger charge is 2.51. The van der Waals surface area contributed by atoms with E-state index in [9.17, 15) is 9.59 Å². The van der Waals surface area contributed by atoms with Crippen LogP contribution in [-0.2, 0) is 9.59 Å². The van der Waals surface area contributed by atoms with Crippen molar-refractivity contribution in [2.75, 3.05) is 0 Å². The third-order valence-corrected chi connectivity index (χ3v) is 5.20. The van der Waals surface area contributed by atoms with Crippen LogP contribution in [0.25, 0.3) is 0 Å². The molecule has 1 aliphatic carbocycles. The summed E-state index contributed by atoms with van der Waals surface area (Å²) in [6.45, 7) is 2.25. The number of carbonyl (C=O) groups excluding carboxylic acids is 1. The number of nitrogens with one attached hydrogen (secondary N) is 1. The number of rotatable bonds is 17. The first-order valence-electron chi connectivity index (χ1n) is 10.8. The molecule has 1 aliphatic rings. The van der Waals surface area contributed by atoms with Gasteiger partial charge in [0.05, 0.1) is 0 Å². The number of carboxylic acid groups (broad SMARTS) is 1. The van der Waals surface area contributed by atoms with Crippen LogP contribution in [0.5, 0.6) is 0 Å². The van der Waals surface area contributed by atoms with E-state index >= 15 is 0 Å². The van der Waals surface area contributed by atoms with E-state index in [1.54, 1.807) is 0 Å². The molecule has 0 saturated heterocycles. The van der Waals surface area contributed by atoms with Crippen molar-refractivity contribution in [1.29, 1.82) is 0 Å². The number of hydrogen-bond acceptors (Lipinski definition) is 2. The van der Waals surface area contributed by atoms with E-state index in [4.69, 9.17) is 5.11 Å². The van der Waals surface area contributed by atoms with E-state index in [1.165, 1.54) is 57.8 Å². The molecular formula is C22H39NO3. The largest absolute Gasteiger partial charge is 0.480 e. The van der Waals surface area contributed by atoms with Crippen LogP contribution < -0.4 is 5.32 Å². The van der Waals surface area contributed by atoms with E-state index in [0.29, 0.717) is 19.3 Å². The SMILES string of the molecule is CCCCCCCC/C=C\CCCCCCCC(=O)NC1(C(=O)O)CC1. The van der Waals surface area contributed by atoms with Gasteiger partial charge >= 0.3 is 5.97 Å². The minimum atomic E-state index is -0.932. The van der Waals surface area contributed by atoms with E-state index in [1.807, 2.05) is 0 Å². The average molecular weight is 366 g/mol. The quantitative estimate of drug-likeness (QED) is 0.254. The van der Waals surface area contributed by atoms with Crippen LogP contribution in [0.2, 0.25) is 0 Å². The van der Waals surface area contributed by atoms with Crippen LogP contribution >= 0.6 is 0 Å². The summed E-state index contributed by atoms with van der Waals surface area (Å²) in [6.07, 6.45) is 22.3. The molecule has 0 aromatic carbocycles. The molecule has 1 fully saturated rings.